The minimum absolute atomic E-state index is 0.0405. The van der Waals surface area contributed by atoms with Gasteiger partial charge < -0.3 is 10.2 Å². The zero-order valence-electron chi connectivity index (χ0n) is 16.9. The summed E-state index contributed by atoms with van der Waals surface area (Å²) in [5.74, 6) is -0.528. The molecule has 0 bridgehead atoms. The van der Waals surface area contributed by atoms with Crippen molar-refractivity contribution in [1.82, 2.24) is 0 Å². The zero-order valence-corrected chi connectivity index (χ0v) is 17.6. The Balaban J connectivity index is 1.67. The fourth-order valence-corrected chi connectivity index (χ4v) is 4.18. The third-order valence-electron chi connectivity index (χ3n) is 5.81. The summed E-state index contributed by atoms with van der Waals surface area (Å²) in [6.07, 6.45) is 2.58. The fourth-order valence-electron chi connectivity index (χ4n) is 4.01. The number of anilines is 2. The number of nitrogens with one attached hydrogen (secondary N) is 1. The molecule has 0 aromatic heterocycles. The molecular weight excluding hydrogens is 386 g/mol. The van der Waals surface area contributed by atoms with Gasteiger partial charge >= 0.3 is 0 Å². The van der Waals surface area contributed by atoms with Crippen LogP contribution in [0, 0.1) is 26.7 Å². The lowest BCUT2D eigenvalue weighted by Gasteiger charge is -2.25. The number of benzene rings is 2. The van der Waals surface area contributed by atoms with Gasteiger partial charge in [0.1, 0.15) is 6.54 Å². The summed E-state index contributed by atoms with van der Waals surface area (Å²) in [7, 11) is 0. The minimum atomic E-state index is -0.255. The number of rotatable bonds is 3. The van der Waals surface area contributed by atoms with Gasteiger partial charge in [-0.05, 0) is 81.0 Å². The van der Waals surface area contributed by atoms with Gasteiger partial charge in [-0.3, -0.25) is 14.6 Å². The third kappa shape index (κ3) is 3.79. The highest BCUT2D eigenvalue weighted by Gasteiger charge is 2.37. The van der Waals surface area contributed by atoms with Crippen molar-refractivity contribution >= 4 is 46.2 Å². The van der Waals surface area contributed by atoms with Crippen LogP contribution in [0.5, 0.6) is 0 Å². The average molecular weight is 410 g/mol. The molecule has 1 atom stereocenters. The first-order chi connectivity index (χ1) is 13.8. The van der Waals surface area contributed by atoms with Crippen LogP contribution in [0.15, 0.2) is 35.3 Å². The maximum absolute atomic E-state index is 13.3. The highest BCUT2D eigenvalue weighted by Crippen LogP contribution is 2.39. The Labute approximate surface area is 175 Å². The third-order valence-corrected chi connectivity index (χ3v) is 6.05. The van der Waals surface area contributed by atoms with E-state index >= 15 is 0 Å². The minimum Gasteiger partial charge on any atom is -0.324 e. The number of halogens is 1. The molecule has 2 aromatic carbocycles. The number of aliphatic imine (C=N–C) groups is 1. The molecule has 0 spiro atoms. The number of hydrogen-bond donors (Lipinski definition) is 1. The lowest BCUT2D eigenvalue weighted by molar-refractivity contribution is -0.122. The Morgan fingerprint density at radius 2 is 1.93 bits per heavy atom. The number of amides is 2. The molecule has 150 valence electrons. The number of aryl methyl sites for hydroxylation is 3. The Kier molecular flexibility index (Phi) is 5.17. The SMILES string of the molecule is Cc1cc2c(cc1C)N(CC(=O)Nc1cc(Cl)ccc1C)C(=O)C1CCCC1=N2. The summed E-state index contributed by atoms with van der Waals surface area (Å²) in [6.45, 7) is 5.89. The predicted octanol–water partition coefficient (Wildman–Crippen LogP) is 5.12. The van der Waals surface area contributed by atoms with Gasteiger partial charge in [-0.15, -0.1) is 0 Å². The normalized spacial score (nSPS) is 18.1. The van der Waals surface area contributed by atoms with Crippen LogP contribution in [0.1, 0.15) is 36.0 Å². The molecule has 6 heteroatoms. The van der Waals surface area contributed by atoms with Crippen molar-refractivity contribution in [3.63, 3.8) is 0 Å². The molecular formula is C23H24ClN3O2. The van der Waals surface area contributed by atoms with Crippen LogP contribution in [0.4, 0.5) is 17.1 Å². The Morgan fingerprint density at radius 1 is 1.17 bits per heavy atom. The first kappa shape index (κ1) is 19.6. The van der Waals surface area contributed by atoms with E-state index in [0.717, 1.165) is 47.4 Å². The van der Waals surface area contributed by atoms with Crippen molar-refractivity contribution in [2.45, 2.75) is 40.0 Å². The van der Waals surface area contributed by atoms with E-state index in [1.807, 2.05) is 39.0 Å². The first-order valence-corrected chi connectivity index (χ1v) is 10.3. The smallest absolute Gasteiger partial charge is 0.244 e. The summed E-state index contributed by atoms with van der Waals surface area (Å²) in [5.41, 5.74) is 6.18. The molecule has 1 fully saturated rings. The fraction of sp³-hybridized carbons (Fsp3) is 0.348. The molecule has 5 nitrogen and oxygen atoms in total. The second-order valence-corrected chi connectivity index (χ2v) is 8.34. The summed E-state index contributed by atoms with van der Waals surface area (Å²) >= 11 is 6.07. The maximum atomic E-state index is 13.3. The molecule has 1 N–H and O–H groups in total. The molecule has 1 aliphatic carbocycles. The standard InChI is InChI=1S/C23H24ClN3O2/c1-13-7-8-16(24)11-19(13)26-22(28)12-27-21-10-15(3)14(2)9-20(21)25-18-6-4-5-17(18)23(27)29/h7-11,17H,4-6,12H2,1-3H3,(H,26,28). The number of fused-ring (bicyclic) bond motifs is 2. The summed E-state index contributed by atoms with van der Waals surface area (Å²) in [6, 6.07) is 9.34. The zero-order chi connectivity index (χ0) is 20.7. The van der Waals surface area contributed by atoms with E-state index in [2.05, 4.69) is 5.32 Å². The van der Waals surface area contributed by atoms with Crippen LogP contribution >= 0.6 is 11.6 Å². The molecule has 1 heterocycles. The number of carbonyl (C=O) groups is 2. The molecule has 1 unspecified atom stereocenters. The lowest BCUT2D eigenvalue weighted by Crippen LogP contribution is -2.42. The van der Waals surface area contributed by atoms with Crippen molar-refractivity contribution in [3.05, 3.63) is 52.0 Å². The Bertz CT molecular complexity index is 1040. The molecule has 2 aromatic rings. The largest absolute Gasteiger partial charge is 0.324 e. The van der Waals surface area contributed by atoms with Gasteiger partial charge in [0.05, 0.1) is 17.3 Å². The topological polar surface area (TPSA) is 61.8 Å². The second kappa shape index (κ2) is 7.64. The van der Waals surface area contributed by atoms with E-state index in [1.165, 1.54) is 0 Å². The molecule has 2 aliphatic rings. The summed E-state index contributed by atoms with van der Waals surface area (Å²) < 4.78 is 0. The first-order valence-electron chi connectivity index (χ1n) is 9.89. The highest BCUT2D eigenvalue weighted by molar-refractivity contribution is 6.31. The van der Waals surface area contributed by atoms with Crippen molar-refractivity contribution < 1.29 is 9.59 Å². The molecule has 1 aliphatic heterocycles. The predicted molar refractivity (Wildman–Crippen MR) is 118 cm³/mol. The summed E-state index contributed by atoms with van der Waals surface area (Å²) in [5, 5.41) is 3.45. The average Bonchev–Trinajstić information content (AvgIpc) is 3.10. The van der Waals surface area contributed by atoms with Gasteiger partial charge in [-0.2, -0.15) is 0 Å². The molecule has 29 heavy (non-hydrogen) atoms. The Morgan fingerprint density at radius 3 is 2.72 bits per heavy atom. The highest BCUT2D eigenvalue weighted by atomic mass is 35.5. The second-order valence-electron chi connectivity index (χ2n) is 7.90. The van der Waals surface area contributed by atoms with Crippen LogP contribution in [-0.4, -0.2) is 24.1 Å². The van der Waals surface area contributed by atoms with E-state index in [4.69, 9.17) is 16.6 Å². The van der Waals surface area contributed by atoms with E-state index in [0.29, 0.717) is 16.4 Å². The Hall–Kier alpha value is -2.66. The van der Waals surface area contributed by atoms with E-state index < -0.39 is 0 Å². The summed E-state index contributed by atoms with van der Waals surface area (Å²) in [4.78, 5) is 32.6. The van der Waals surface area contributed by atoms with Gasteiger partial charge in [-0.1, -0.05) is 17.7 Å². The number of nitrogens with zero attached hydrogens (tertiary/aromatic N) is 2. The lowest BCUT2D eigenvalue weighted by atomic mass is 10.0. The maximum Gasteiger partial charge on any atom is 0.244 e. The quantitative estimate of drug-likeness (QED) is 0.764. The van der Waals surface area contributed by atoms with Crippen LogP contribution in [0.2, 0.25) is 5.02 Å². The van der Waals surface area contributed by atoms with E-state index in [-0.39, 0.29) is 24.3 Å². The van der Waals surface area contributed by atoms with E-state index in [9.17, 15) is 9.59 Å². The number of carbonyl (C=O) groups excluding carboxylic acids is 2. The molecule has 0 saturated heterocycles. The van der Waals surface area contributed by atoms with Gasteiger partial charge in [0.15, 0.2) is 0 Å². The van der Waals surface area contributed by atoms with Crippen molar-refractivity contribution in [2.75, 3.05) is 16.8 Å². The van der Waals surface area contributed by atoms with E-state index in [1.54, 1.807) is 17.0 Å². The van der Waals surface area contributed by atoms with Crippen LogP contribution < -0.4 is 10.2 Å². The van der Waals surface area contributed by atoms with Gasteiger partial charge in [0, 0.05) is 16.4 Å². The van der Waals surface area contributed by atoms with Gasteiger partial charge in [0.2, 0.25) is 11.8 Å². The van der Waals surface area contributed by atoms with Crippen LogP contribution in [0.25, 0.3) is 0 Å². The monoisotopic (exact) mass is 409 g/mol. The number of hydrogen-bond acceptors (Lipinski definition) is 3. The molecule has 0 radical (unpaired) electrons. The van der Waals surface area contributed by atoms with Crippen molar-refractivity contribution in [3.8, 4) is 0 Å². The van der Waals surface area contributed by atoms with Crippen LogP contribution in [-0.2, 0) is 9.59 Å². The van der Waals surface area contributed by atoms with Gasteiger partial charge in [0.25, 0.3) is 0 Å². The van der Waals surface area contributed by atoms with Crippen molar-refractivity contribution in [2.24, 2.45) is 10.9 Å². The molecule has 2 amide bonds. The molecule has 4 rings (SSSR count). The molecule has 1 saturated carbocycles. The van der Waals surface area contributed by atoms with Crippen molar-refractivity contribution in [1.29, 1.82) is 0 Å². The van der Waals surface area contributed by atoms with Crippen LogP contribution in [0.3, 0.4) is 0 Å². The van der Waals surface area contributed by atoms with Gasteiger partial charge in [-0.25, -0.2) is 0 Å².